The van der Waals surface area contributed by atoms with Crippen LogP contribution in [0.25, 0.3) is 0 Å². The van der Waals surface area contributed by atoms with Gasteiger partial charge in [0.25, 0.3) is 0 Å². The molecule has 2 fully saturated rings. The van der Waals surface area contributed by atoms with Crippen LogP contribution in [-0.2, 0) is 4.79 Å². The van der Waals surface area contributed by atoms with Crippen molar-refractivity contribution in [3.63, 3.8) is 0 Å². The summed E-state index contributed by atoms with van der Waals surface area (Å²) < 4.78 is 0. The number of piperidine rings is 1. The minimum absolute atomic E-state index is 0.276. The molecule has 1 spiro atoms. The normalized spacial score (nSPS) is 24.5. The topological polar surface area (TPSA) is 43.8 Å². The number of hydrogen-bond donors (Lipinski definition) is 1. The molecule has 0 amide bonds. The molecule has 4 heteroatoms. The van der Waals surface area contributed by atoms with Crippen LogP contribution in [0, 0.1) is 5.41 Å². The van der Waals surface area contributed by atoms with Crippen molar-refractivity contribution in [2.24, 2.45) is 5.41 Å². The van der Waals surface area contributed by atoms with Crippen LogP contribution >= 0.6 is 0 Å². The zero-order valence-corrected chi connectivity index (χ0v) is 10.4. The summed E-state index contributed by atoms with van der Waals surface area (Å²) in [6.45, 7) is 10.0. The van der Waals surface area contributed by atoms with Gasteiger partial charge in [0, 0.05) is 26.2 Å². The molecule has 17 heavy (non-hydrogen) atoms. The van der Waals surface area contributed by atoms with Crippen LogP contribution in [0.15, 0.2) is 12.7 Å². The lowest BCUT2D eigenvalue weighted by atomic mass is 9.72. The highest BCUT2D eigenvalue weighted by Gasteiger charge is 2.44. The molecule has 2 heterocycles. The zero-order valence-electron chi connectivity index (χ0n) is 10.4. The predicted octanol–water partition coefficient (Wildman–Crippen LogP) is 1.04. The molecule has 2 saturated heterocycles. The lowest BCUT2D eigenvalue weighted by Crippen LogP contribution is -2.60. The Bertz CT molecular complexity index is 288. The number of rotatable bonds is 5. The molecule has 2 aliphatic heterocycles. The lowest BCUT2D eigenvalue weighted by Gasteiger charge is -2.54. The molecule has 0 bridgehead atoms. The minimum atomic E-state index is -0.688. The molecule has 0 saturated carbocycles. The first-order chi connectivity index (χ1) is 8.13. The van der Waals surface area contributed by atoms with Crippen molar-refractivity contribution >= 4 is 5.97 Å². The smallest absolute Gasteiger partial charge is 0.304 e. The second-order valence-corrected chi connectivity index (χ2v) is 5.44. The van der Waals surface area contributed by atoms with Crippen LogP contribution in [-0.4, -0.2) is 60.1 Å². The first-order valence-corrected chi connectivity index (χ1v) is 6.41. The highest BCUT2D eigenvalue weighted by atomic mass is 16.4. The van der Waals surface area contributed by atoms with Gasteiger partial charge >= 0.3 is 5.97 Å². The maximum absolute atomic E-state index is 10.5. The number of carboxylic acid groups (broad SMARTS) is 1. The van der Waals surface area contributed by atoms with E-state index in [1.54, 1.807) is 0 Å². The minimum Gasteiger partial charge on any atom is -0.481 e. The van der Waals surface area contributed by atoms with Gasteiger partial charge in [-0.2, -0.15) is 0 Å². The number of likely N-dealkylation sites (tertiary alicyclic amines) is 2. The van der Waals surface area contributed by atoms with Gasteiger partial charge in [-0.15, -0.1) is 6.58 Å². The fourth-order valence-electron chi connectivity index (χ4n) is 3.02. The fraction of sp³-hybridized carbons (Fsp3) is 0.769. The van der Waals surface area contributed by atoms with Gasteiger partial charge in [-0.25, -0.2) is 0 Å². The second kappa shape index (κ2) is 5.19. The molecule has 0 aromatic heterocycles. The first kappa shape index (κ1) is 12.6. The van der Waals surface area contributed by atoms with Crippen LogP contribution < -0.4 is 0 Å². The molecule has 0 atom stereocenters. The molecule has 1 N–H and O–H groups in total. The molecule has 0 radical (unpaired) electrons. The van der Waals surface area contributed by atoms with Gasteiger partial charge in [0.2, 0.25) is 0 Å². The summed E-state index contributed by atoms with van der Waals surface area (Å²) in [6.07, 6.45) is 4.76. The van der Waals surface area contributed by atoms with Crippen LogP contribution in [0.2, 0.25) is 0 Å². The number of carbonyl (C=O) groups is 1. The maximum atomic E-state index is 10.5. The Hall–Kier alpha value is -0.870. The van der Waals surface area contributed by atoms with E-state index >= 15 is 0 Å². The van der Waals surface area contributed by atoms with Crippen molar-refractivity contribution in [3.05, 3.63) is 12.7 Å². The van der Waals surface area contributed by atoms with Gasteiger partial charge in [0.05, 0.1) is 6.42 Å². The standard InChI is InChI=1S/C13H22N2O2/c1-2-6-14-8-4-13(5-9-14)10-15(11-13)7-3-12(16)17/h2H,1,3-11H2,(H,16,17). The van der Waals surface area contributed by atoms with Crippen LogP contribution in [0.1, 0.15) is 19.3 Å². The second-order valence-electron chi connectivity index (χ2n) is 5.44. The van der Waals surface area contributed by atoms with Crippen molar-refractivity contribution in [2.45, 2.75) is 19.3 Å². The van der Waals surface area contributed by atoms with Crippen molar-refractivity contribution in [3.8, 4) is 0 Å². The summed E-state index contributed by atoms with van der Waals surface area (Å²) in [4.78, 5) is 15.2. The van der Waals surface area contributed by atoms with Gasteiger partial charge in [0.1, 0.15) is 0 Å². The third-order valence-electron chi connectivity index (χ3n) is 4.06. The molecule has 4 nitrogen and oxygen atoms in total. The molecule has 2 aliphatic rings. The molecule has 0 unspecified atom stereocenters. The van der Waals surface area contributed by atoms with E-state index < -0.39 is 5.97 Å². The first-order valence-electron chi connectivity index (χ1n) is 6.41. The number of nitrogens with zero attached hydrogens (tertiary/aromatic N) is 2. The van der Waals surface area contributed by atoms with E-state index in [1.807, 2.05) is 6.08 Å². The summed E-state index contributed by atoms with van der Waals surface area (Å²) >= 11 is 0. The fourth-order valence-corrected chi connectivity index (χ4v) is 3.02. The van der Waals surface area contributed by atoms with Crippen LogP contribution in [0.5, 0.6) is 0 Å². The summed E-state index contributed by atoms with van der Waals surface area (Å²) in [5.74, 6) is -0.688. The van der Waals surface area contributed by atoms with Crippen molar-refractivity contribution in [1.82, 2.24) is 9.80 Å². The molecule has 0 aliphatic carbocycles. The van der Waals surface area contributed by atoms with Crippen molar-refractivity contribution < 1.29 is 9.90 Å². The van der Waals surface area contributed by atoms with Crippen molar-refractivity contribution in [1.29, 1.82) is 0 Å². The highest BCUT2D eigenvalue weighted by Crippen LogP contribution is 2.40. The van der Waals surface area contributed by atoms with Gasteiger partial charge in [-0.3, -0.25) is 9.69 Å². The maximum Gasteiger partial charge on any atom is 0.304 e. The third-order valence-corrected chi connectivity index (χ3v) is 4.06. The van der Waals surface area contributed by atoms with Gasteiger partial charge in [0.15, 0.2) is 0 Å². The molecule has 0 aromatic carbocycles. The van der Waals surface area contributed by atoms with E-state index in [1.165, 1.54) is 25.9 Å². The van der Waals surface area contributed by atoms with E-state index in [0.29, 0.717) is 12.0 Å². The molecular formula is C13H22N2O2. The Balaban J connectivity index is 1.68. The number of hydrogen-bond acceptors (Lipinski definition) is 3. The monoisotopic (exact) mass is 238 g/mol. The molecule has 0 aromatic rings. The van der Waals surface area contributed by atoms with Crippen LogP contribution in [0.3, 0.4) is 0 Å². The number of aliphatic carboxylic acids is 1. The average Bonchev–Trinajstić information content (AvgIpc) is 2.26. The molecule has 2 rings (SSSR count). The highest BCUT2D eigenvalue weighted by molar-refractivity contribution is 5.66. The van der Waals surface area contributed by atoms with Gasteiger partial charge in [-0.05, 0) is 31.3 Å². The van der Waals surface area contributed by atoms with Crippen molar-refractivity contribution in [2.75, 3.05) is 39.3 Å². The predicted molar refractivity (Wildman–Crippen MR) is 67.0 cm³/mol. The lowest BCUT2D eigenvalue weighted by molar-refractivity contribution is -0.138. The Kier molecular flexibility index (Phi) is 3.84. The largest absolute Gasteiger partial charge is 0.481 e. The van der Waals surface area contributed by atoms with Gasteiger partial charge in [-0.1, -0.05) is 6.08 Å². The van der Waals surface area contributed by atoms with E-state index in [9.17, 15) is 4.79 Å². The Morgan fingerprint density at radius 3 is 2.47 bits per heavy atom. The Morgan fingerprint density at radius 2 is 1.94 bits per heavy atom. The molecule has 96 valence electrons. The number of carboxylic acids is 1. The van der Waals surface area contributed by atoms with E-state index in [4.69, 9.17) is 5.11 Å². The van der Waals surface area contributed by atoms with E-state index in [0.717, 1.165) is 19.6 Å². The average molecular weight is 238 g/mol. The SMILES string of the molecule is C=CCN1CCC2(CC1)CN(CCC(=O)O)C2. The quantitative estimate of drug-likeness (QED) is 0.727. The Labute approximate surface area is 103 Å². The molecular weight excluding hydrogens is 216 g/mol. The summed E-state index contributed by atoms with van der Waals surface area (Å²) in [7, 11) is 0. The van der Waals surface area contributed by atoms with E-state index in [2.05, 4.69) is 16.4 Å². The zero-order chi connectivity index (χ0) is 12.3. The van der Waals surface area contributed by atoms with E-state index in [-0.39, 0.29) is 6.42 Å². The Morgan fingerprint density at radius 1 is 1.29 bits per heavy atom. The summed E-state index contributed by atoms with van der Waals surface area (Å²) in [5.41, 5.74) is 0.496. The summed E-state index contributed by atoms with van der Waals surface area (Å²) in [5, 5.41) is 8.63. The third kappa shape index (κ3) is 3.07. The van der Waals surface area contributed by atoms with Gasteiger partial charge < -0.3 is 10.0 Å². The van der Waals surface area contributed by atoms with Crippen LogP contribution in [0.4, 0.5) is 0 Å². The summed E-state index contributed by atoms with van der Waals surface area (Å²) in [6, 6.07) is 0.